The van der Waals surface area contributed by atoms with Gasteiger partial charge >= 0.3 is 0 Å². The van der Waals surface area contributed by atoms with E-state index in [4.69, 9.17) is 28.3 Å². The highest BCUT2D eigenvalue weighted by molar-refractivity contribution is 7.92. The van der Waals surface area contributed by atoms with Gasteiger partial charge in [0.15, 0.2) is 4.21 Å². The number of hydrogen-bond acceptors (Lipinski definition) is 2. The first kappa shape index (κ1) is 10.1. The molecule has 3 nitrogen and oxygen atoms in total. The summed E-state index contributed by atoms with van der Waals surface area (Å²) in [6.07, 6.45) is 4.52. The van der Waals surface area contributed by atoms with Gasteiger partial charge in [-0.05, 0) is 12.2 Å². The van der Waals surface area contributed by atoms with Crippen LogP contribution in [-0.4, -0.2) is 12.6 Å². The highest BCUT2D eigenvalue weighted by Crippen LogP contribution is 2.32. The van der Waals surface area contributed by atoms with Gasteiger partial charge in [-0.15, -0.1) is 0 Å². The van der Waals surface area contributed by atoms with Crippen molar-refractivity contribution < 1.29 is 8.42 Å². The molecule has 0 aromatic rings. The quantitative estimate of drug-likeness (QED) is 0.687. The summed E-state index contributed by atoms with van der Waals surface area (Å²) in [5.74, 6) is 0. The topological polar surface area (TPSA) is 60.2 Å². The molecule has 12 heavy (non-hydrogen) atoms. The number of primary sulfonamides is 1. The Labute approximate surface area is 80.9 Å². The first-order chi connectivity index (χ1) is 5.35. The molecular weight excluding hydrogens is 221 g/mol. The van der Waals surface area contributed by atoms with Crippen LogP contribution in [0, 0.1) is 0 Å². The molecule has 0 aliphatic heterocycles. The molecule has 0 amide bonds. The molecule has 6 heteroatoms. The molecule has 1 atom stereocenters. The molecule has 1 rings (SSSR count). The Morgan fingerprint density at radius 1 is 1.58 bits per heavy atom. The minimum absolute atomic E-state index is 0.142. The van der Waals surface area contributed by atoms with Crippen LogP contribution in [0.3, 0.4) is 0 Å². The van der Waals surface area contributed by atoms with Crippen molar-refractivity contribution >= 4 is 33.2 Å². The molecule has 0 spiro atoms. The first-order valence-electron chi connectivity index (χ1n) is 3.11. The summed E-state index contributed by atoms with van der Waals surface area (Å²) in [5, 5.41) is 5.19. The second-order valence-electron chi connectivity index (χ2n) is 2.47. The molecule has 0 aromatic carbocycles. The van der Waals surface area contributed by atoms with Crippen molar-refractivity contribution in [3.63, 3.8) is 0 Å². The van der Waals surface area contributed by atoms with E-state index in [0.29, 0.717) is 0 Å². The average molecular weight is 228 g/mol. The van der Waals surface area contributed by atoms with E-state index in [9.17, 15) is 8.42 Å². The number of rotatable bonds is 1. The maximum absolute atomic E-state index is 11.0. The standard InChI is InChI=1S/C6H7Cl2NO2S/c7-5-2-1-3-6(8,4-5)12(9,10)11/h1-2,4H,3H2,(H2,9,10,11). The average Bonchev–Trinajstić information content (AvgIpc) is 1.83. The lowest BCUT2D eigenvalue weighted by atomic mass is 10.2. The molecule has 0 heterocycles. The second-order valence-corrected chi connectivity index (χ2v) is 5.62. The Hall–Kier alpha value is -0.0300. The molecule has 0 fully saturated rings. The van der Waals surface area contributed by atoms with E-state index in [1.165, 1.54) is 6.08 Å². The molecule has 0 saturated carbocycles. The lowest BCUT2D eigenvalue weighted by molar-refractivity contribution is 0.583. The minimum Gasteiger partial charge on any atom is -0.227 e. The zero-order valence-corrected chi connectivity index (χ0v) is 8.33. The SMILES string of the molecule is NS(=O)(=O)C1(Cl)C=C(Cl)C=CC1. The molecule has 0 radical (unpaired) electrons. The Morgan fingerprint density at radius 2 is 2.17 bits per heavy atom. The summed E-state index contributed by atoms with van der Waals surface area (Å²) in [6.45, 7) is 0. The lowest BCUT2D eigenvalue weighted by Crippen LogP contribution is -2.37. The number of nitrogens with two attached hydrogens (primary N) is 1. The van der Waals surface area contributed by atoms with Crippen LogP contribution in [0.4, 0.5) is 0 Å². The van der Waals surface area contributed by atoms with E-state index in [-0.39, 0.29) is 11.5 Å². The Balaban J connectivity index is 3.13. The van der Waals surface area contributed by atoms with Crippen LogP contribution in [0.25, 0.3) is 0 Å². The van der Waals surface area contributed by atoms with Gasteiger partial charge in [0.25, 0.3) is 0 Å². The summed E-state index contributed by atoms with van der Waals surface area (Å²) in [4.78, 5) is 0. The van der Waals surface area contributed by atoms with Crippen LogP contribution < -0.4 is 5.14 Å². The monoisotopic (exact) mass is 227 g/mol. The Kier molecular flexibility index (Phi) is 2.54. The molecule has 1 aliphatic carbocycles. The molecule has 0 saturated heterocycles. The minimum atomic E-state index is -3.80. The zero-order valence-electron chi connectivity index (χ0n) is 6.00. The van der Waals surface area contributed by atoms with Crippen molar-refractivity contribution in [1.29, 1.82) is 0 Å². The number of hydrogen-bond donors (Lipinski definition) is 1. The maximum atomic E-state index is 11.0. The van der Waals surface area contributed by atoms with Gasteiger partial charge in [-0.25, -0.2) is 13.6 Å². The third-order valence-electron chi connectivity index (χ3n) is 1.50. The van der Waals surface area contributed by atoms with Gasteiger partial charge in [0.2, 0.25) is 10.0 Å². The third kappa shape index (κ3) is 1.82. The van der Waals surface area contributed by atoms with Crippen molar-refractivity contribution in [1.82, 2.24) is 0 Å². The smallest absolute Gasteiger partial charge is 0.227 e. The summed E-state index contributed by atoms with van der Waals surface area (Å²) in [6, 6.07) is 0. The molecule has 0 bridgehead atoms. The number of sulfonamides is 1. The van der Waals surface area contributed by atoms with Gasteiger partial charge in [0, 0.05) is 11.5 Å². The van der Waals surface area contributed by atoms with E-state index in [1.54, 1.807) is 12.2 Å². The third-order valence-corrected chi connectivity index (χ3v) is 3.87. The van der Waals surface area contributed by atoms with Gasteiger partial charge in [-0.2, -0.15) is 0 Å². The van der Waals surface area contributed by atoms with Crippen LogP contribution in [0.2, 0.25) is 0 Å². The maximum Gasteiger partial charge on any atom is 0.232 e. The lowest BCUT2D eigenvalue weighted by Gasteiger charge is -2.21. The predicted molar refractivity (Wildman–Crippen MR) is 49.4 cm³/mol. The summed E-state index contributed by atoms with van der Waals surface area (Å²) >= 11 is 11.3. The molecule has 1 unspecified atom stereocenters. The highest BCUT2D eigenvalue weighted by atomic mass is 35.5. The molecule has 0 aromatic heterocycles. The normalized spacial score (nSPS) is 30.1. The van der Waals surface area contributed by atoms with Crippen LogP contribution in [0.5, 0.6) is 0 Å². The summed E-state index contributed by atoms with van der Waals surface area (Å²) in [5.41, 5.74) is 0. The van der Waals surface area contributed by atoms with Crippen molar-refractivity contribution in [2.45, 2.75) is 10.6 Å². The number of halogens is 2. The fourth-order valence-corrected chi connectivity index (χ4v) is 2.07. The second kappa shape index (κ2) is 3.03. The van der Waals surface area contributed by atoms with Crippen molar-refractivity contribution in [2.24, 2.45) is 5.14 Å². The van der Waals surface area contributed by atoms with Crippen LogP contribution in [0.15, 0.2) is 23.3 Å². The van der Waals surface area contributed by atoms with E-state index in [2.05, 4.69) is 0 Å². The molecule has 2 N–H and O–H groups in total. The van der Waals surface area contributed by atoms with Gasteiger partial charge in [-0.1, -0.05) is 29.3 Å². The van der Waals surface area contributed by atoms with E-state index in [0.717, 1.165) is 0 Å². The molecular formula is C6H7Cl2NO2S. The highest BCUT2D eigenvalue weighted by Gasteiger charge is 2.37. The van der Waals surface area contributed by atoms with Crippen LogP contribution in [-0.2, 0) is 10.0 Å². The number of alkyl halides is 1. The van der Waals surface area contributed by atoms with Gasteiger partial charge in [0.05, 0.1) is 0 Å². The van der Waals surface area contributed by atoms with Gasteiger partial charge in [-0.3, -0.25) is 0 Å². The largest absolute Gasteiger partial charge is 0.232 e. The van der Waals surface area contributed by atoms with E-state index < -0.39 is 14.2 Å². The molecule has 68 valence electrons. The Bertz CT molecular complexity index is 347. The summed E-state index contributed by atoms with van der Waals surface area (Å²) in [7, 11) is -3.80. The zero-order chi connectivity index (χ0) is 9.41. The van der Waals surface area contributed by atoms with E-state index in [1.807, 2.05) is 0 Å². The van der Waals surface area contributed by atoms with Crippen LogP contribution >= 0.6 is 23.2 Å². The van der Waals surface area contributed by atoms with Crippen molar-refractivity contribution in [2.75, 3.05) is 0 Å². The van der Waals surface area contributed by atoms with Crippen molar-refractivity contribution in [3.8, 4) is 0 Å². The molecule has 1 aliphatic rings. The first-order valence-corrected chi connectivity index (χ1v) is 5.41. The van der Waals surface area contributed by atoms with Crippen LogP contribution in [0.1, 0.15) is 6.42 Å². The summed E-state index contributed by atoms with van der Waals surface area (Å²) < 4.78 is 20.4. The number of allylic oxidation sites excluding steroid dienone is 3. The van der Waals surface area contributed by atoms with E-state index >= 15 is 0 Å². The van der Waals surface area contributed by atoms with Gasteiger partial charge in [0.1, 0.15) is 0 Å². The van der Waals surface area contributed by atoms with Gasteiger partial charge < -0.3 is 0 Å². The fraction of sp³-hybridized carbons (Fsp3) is 0.333. The Morgan fingerprint density at radius 3 is 2.50 bits per heavy atom. The van der Waals surface area contributed by atoms with Crippen molar-refractivity contribution in [3.05, 3.63) is 23.3 Å². The fourth-order valence-electron chi connectivity index (χ4n) is 0.843. The predicted octanol–water partition coefficient (Wildman–Crippen LogP) is 1.29.